The number of carbonyl (C=O) groups is 1. The highest BCUT2D eigenvalue weighted by Gasteiger charge is 2.38. The summed E-state index contributed by atoms with van der Waals surface area (Å²) in [5.74, 6) is 0.553. The number of halogens is 1. The molecule has 5 heterocycles. The van der Waals surface area contributed by atoms with E-state index in [1.54, 1.807) is 4.90 Å². The number of allylic oxidation sites excluding steroid dienone is 1. The average Bonchev–Trinajstić information content (AvgIpc) is 3.72. The van der Waals surface area contributed by atoms with E-state index < -0.39 is 6.67 Å². The molecule has 0 spiro atoms. The Bertz CT molecular complexity index is 1690. The number of rotatable bonds is 10. The number of nitriles is 1. The Labute approximate surface area is 275 Å². The van der Waals surface area contributed by atoms with Crippen molar-refractivity contribution in [1.29, 1.82) is 5.26 Å². The van der Waals surface area contributed by atoms with Gasteiger partial charge in [-0.3, -0.25) is 9.69 Å². The van der Waals surface area contributed by atoms with E-state index in [9.17, 15) is 14.4 Å². The molecule has 0 aliphatic carbocycles. The lowest BCUT2D eigenvalue weighted by molar-refractivity contribution is -0.128. The first-order chi connectivity index (χ1) is 23.0. The Morgan fingerprint density at radius 1 is 1.15 bits per heavy atom. The zero-order chi connectivity index (χ0) is 32.3. The van der Waals surface area contributed by atoms with E-state index >= 15 is 0 Å². The molecule has 3 saturated heterocycles. The zero-order valence-electron chi connectivity index (χ0n) is 27.0. The SMILES string of the molecule is Cc1cccc2cccc(N3CCc4c(nc(OCCCN5C[C@@H]6C[C@H]5CO6)nc4N4CCN(C(=O)/C=C/CF)[C@@H](CC#N)C4)C3)c12. The summed E-state index contributed by atoms with van der Waals surface area (Å²) < 4.78 is 24.8. The first kappa shape index (κ1) is 31.3. The van der Waals surface area contributed by atoms with Crippen molar-refractivity contribution in [2.75, 3.05) is 69.0 Å². The van der Waals surface area contributed by atoms with E-state index in [2.05, 4.69) is 64.1 Å². The molecule has 11 heteroatoms. The molecule has 4 aliphatic heterocycles. The Balaban J connectivity index is 1.15. The predicted octanol–water partition coefficient (Wildman–Crippen LogP) is 4.20. The maximum absolute atomic E-state index is 12.8. The van der Waals surface area contributed by atoms with Gasteiger partial charge in [-0.1, -0.05) is 30.3 Å². The van der Waals surface area contributed by atoms with Crippen LogP contribution in [0.2, 0.25) is 0 Å². The molecule has 3 aromatic rings. The van der Waals surface area contributed by atoms with Crippen LogP contribution in [0.3, 0.4) is 0 Å². The molecule has 0 unspecified atom stereocenters. The summed E-state index contributed by atoms with van der Waals surface area (Å²) in [5, 5.41) is 12.1. The monoisotopic (exact) mass is 639 g/mol. The van der Waals surface area contributed by atoms with Crippen LogP contribution in [0.4, 0.5) is 15.9 Å². The summed E-state index contributed by atoms with van der Waals surface area (Å²) >= 11 is 0. The number of benzene rings is 2. The number of aryl methyl sites for hydroxylation is 1. The highest BCUT2D eigenvalue weighted by molar-refractivity contribution is 5.97. The topological polar surface area (TPSA) is 98.1 Å². The van der Waals surface area contributed by atoms with Crippen LogP contribution in [-0.2, 0) is 22.5 Å². The fourth-order valence-corrected chi connectivity index (χ4v) is 7.73. The number of nitrogens with zero attached hydrogens (tertiary/aromatic N) is 7. The third-order valence-electron chi connectivity index (χ3n) is 10.0. The molecule has 0 saturated carbocycles. The van der Waals surface area contributed by atoms with Crippen molar-refractivity contribution in [1.82, 2.24) is 19.8 Å². The molecule has 246 valence electrons. The van der Waals surface area contributed by atoms with Gasteiger partial charge in [-0.05, 0) is 49.3 Å². The maximum Gasteiger partial charge on any atom is 0.318 e. The highest BCUT2D eigenvalue weighted by atomic mass is 19.1. The van der Waals surface area contributed by atoms with Gasteiger partial charge in [0, 0.05) is 68.0 Å². The lowest BCUT2D eigenvalue weighted by Gasteiger charge is -2.42. The van der Waals surface area contributed by atoms with Crippen LogP contribution in [0.5, 0.6) is 6.01 Å². The summed E-state index contributed by atoms with van der Waals surface area (Å²) in [7, 11) is 0. The summed E-state index contributed by atoms with van der Waals surface area (Å²) in [6.45, 7) is 7.61. The lowest BCUT2D eigenvalue weighted by Crippen LogP contribution is -2.55. The van der Waals surface area contributed by atoms with Crippen LogP contribution in [0.25, 0.3) is 10.8 Å². The van der Waals surface area contributed by atoms with E-state index in [4.69, 9.17) is 19.4 Å². The summed E-state index contributed by atoms with van der Waals surface area (Å²) in [4.78, 5) is 31.6. The van der Waals surface area contributed by atoms with Crippen molar-refractivity contribution >= 4 is 28.2 Å². The standard InChI is InChI=1S/C36H42FN7O3/c1-25-6-2-7-26-8-3-9-32(34(25)26)42-16-12-30-31(23-42)39-36(46-19-5-15-41-22-29-20-28(41)24-47-29)40-35(30)43-17-18-44(27(21-43)11-14-38)33(45)10-4-13-37/h2-4,6-10,27-29H,5,11-13,15-24H2,1H3/b10-4+/t27-,28-,29-/m0/s1. The Morgan fingerprint density at radius 3 is 2.81 bits per heavy atom. The van der Waals surface area contributed by atoms with E-state index in [0.29, 0.717) is 50.9 Å². The average molecular weight is 640 g/mol. The molecule has 4 aliphatic rings. The molecule has 7 rings (SSSR count). The van der Waals surface area contributed by atoms with Gasteiger partial charge in [0.05, 0.1) is 50.1 Å². The van der Waals surface area contributed by atoms with Crippen LogP contribution in [0.1, 0.15) is 36.1 Å². The van der Waals surface area contributed by atoms with Crippen LogP contribution >= 0.6 is 0 Å². The van der Waals surface area contributed by atoms with Gasteiger partial charge in [0.2, 0.25) is 5.91 Å². The number of ether oxygens (including phenoxy) is 2. The Kier molecular flexibility index (Phi) is 9.23. The second-order valence-corrected chi connectivity index (χ2v) is 13.0. The third kappa shape index (κ3) is 6.49. The van der Waals surface area contributed by atoms with E-state index in [1.165, 1.54) is 34.2 Å². The number of amides is 1. The van der Waals surface area contributed by atoms with Crippen LogP contribution in [0, 0.1) is 18.3 Å². The normalized spacial score (nSPS) is 22.7. The molecule has 2 bridgehead atoms. The van der Waals surface area contributed by atoms with Crippen molar-refractivity contribution in [3.05, 3.63) is 65.4 Å². The van der Waals surface area contributed by atoms with Gasteiger partial charge in [0.25, 0.3) is 0 Å². The van der Waals surface area contributed by atoms with Crippen LogP contribution < -0.4 is 14.5 Å². The van der Waals surface area contributed by atoms with Crippen molar-refractivity contribution < 1.29 is 18.7 Å². The number of carbonyl (C=O) groups excluding carboxylic acids is 1. The number of alkyl halides is 1. The van der Waals surface area contributed by atoms with Gasteiger partial charge < -0.3 is 24.2 Å². The Hall–Kier alpha value is -4.27. The van der Waals surface area contributed by atoms with Gasteiger partial charge >= 0.3 is 6.01 Å². The molecule has 2 aromatic carbocycles. The van der Waals surface area contributed by atoms with E-state index in [-0.39, 0.29) is 18.4 Å². The number of fused-ring (bicyclic) bond motifs is 4. The van der Waals surface area contributed by atoms with Crippen molar-refractivity contribution in [2.45, 2.75) is 57.3 Å². The van der Waals surface area contributed by atoms with Gasteiger partial charge in [0.1, 0.15) is 12.5 Å². The third-order valence-corrected chi connectivity index (χ3v) is 10.0. The van der Waals surface area contributed by atoms with E-state index in [1.807, 2.05) is 0 Å². The fourth-order valence-electron chi connectivity index (χ4n) is 7.73. The molecule has 3 fully saturated rings. The highest BCUT2D eigenvalue weighted by Crippen LogP contribution is 2.36. The quantitative estimate of drug-likeness (QED) is 0.239. The minimum absolute atomic E-state index is 0.180. The smallest absolute Gasteiger partial charge is 0.318 e. The number of anilines is 2. The number of hydrogen-bond acceptors (Lipinski definition) is 9. The van der Waals surface area contributed by atoms with Crippen molar-refractivity contribution in [3.63, 3.8) is 0 Å². The van der Waals surface area contributed by atoms with Crippen molar-refractivity contribution in [2.24, 2.45) is 0 Å². The van der Waals surface area contributed by atoms with Crippen LogP contribution in [-0.4, -0.2) is 103 Å². The summed E-state index contributed by atoms with van der Waals surface area (Å²) in [6.07, 6.45) is 5.80. The molecular formula is C36H42FN7O3. The fraction of sp³-hybridized carbons (Fsp3) is 0.500. The molecule has 47 heavy (non-hydrogen) atoms. The first-order valence-corrected chi connectivity index (χ1v) is 16.8. The van der Waals surface area contributed by atoms with Gasteiger partial charge in [0.15, 0.2) is 0 Å². The molecule has 0 radical (unpaired) electrons. The van der Waals surface area contributed by atoms with Gasteiger partial charge in [-0.25, -0.2) is 4.39 Å². The molecule has 0 N–H and O–H groups in total. The number of aromatic nitrogens is 2. The predicted molar refractivity (Wildman–Crippen MR) is 178 cm³/mol. The number of hydrogen-bond donors (Lipinski definition) is 0. The zero-order valence-corrected chi connectivity index (χ0v) is 27.0. The molecule has 3 atom stereocenters. The minimum Gasteiger partial charge on any atom is -0.463 e. The largest absolute Gasteiger partial charge is 0.463 e. The molecular weight excluding hydrogens is 597 g/mol. The minimum atomic E-state index is -0.701. The van der Waals surface area contributed by atoms with Crippen LogP contribution in [0.15, 0.2) is 48.6 Å². The van der Waals surface area contributed by atoms with E-state index in [0.717, 1.165) is 62.6 Å². The second-order valence-electron chi connectivity index (χ2n) is 13.0. The summed E-state index contributed by atoms with van der Waals surface area (Å²) in [5.41, 5.74) is 4.47. The molecule has 10 nitrogen and oxygen atoms in total. The number of likely N-dealkylation sites (tertiary alicyclic amines) is 1. The molecule has 1 aromatic heterocycles. The number of piperazine rings is 1. The second kappa shape index (κ2) is 13.8. The molecule has 1 amide bonds. The Morgan fingerprint density at radius 2 is 2.02 bits per heavy atom. The van der Waals surface area contributed by atoms with Gasteiger partial charge in [-0.2, -0.15) is 15.2 Å². The van der Waals surface area contributed by atoms with Crippen molar-refractivity contribution in [3.8, 4) is 12.1 Å². The maximum atomic E-state index is 12.8. The first-order valence-electron chi connectivity index (χ1n) is 16.8. The summed E-state index contributed by atoms with van der Waals surface area (Å²) in [6, 6.07) is 15.7. The lowest BCUT2D eigenvalue weighted by atomic mass is 9.99. The number of morpholine rings is 1. The van der Waals surface area contributed by atoms with Gasteiger partial charge in [-0.15, -0.1) is 0 Å².